The molecule has 0 amide bonds. The van der Waals surface area contributed by atoms with Crippen LogP contribution in [0.15, 0.2) is 4.79 Å². The monoisotopic (exact) mass is 378 g/mol. The molecule has 0 N–H and O–H groups in total. The zero-order valence-corrected chi connectivity index (χ0v) is 16.1. The highest BCUT2D eigenvalue weighted by molar-refractivity contribution is 7.18. The molecule has 7 nitrogen and oxygen atoms in total. The zero-order valence-electron chi connectivity index (χ0n) is 15.3. The van der Waals surface area contributed by atoms with Crippen molar-refractivity contribution >= 4 is 33.5 Å². The number of fused-ring (bicyclic) bond motifs is 3. The summed E-state index contributed by atoms with van der Waals surface area (Å²) < 4.78 is 11.3. The second-order valence-electron chi connectivity index (χ2n) is 6.35. The van der Waals surface area contributed by atoms with Gasteiger partial charge in [0.25, 0.3) is 5.56 Å². The van der Waals surface area contributed by atoms with E-state index in [1.54, 1.807) is 20.8 Å². The highest BCUT2D eigenvalue weighted by atomic mass is 32.1. The molecule has 26 heavy (non-hydrogen) atoms. The average molecular weight is 378 g/mol. The third kappa shape index (κ3) is 2.92. The number of carbonyl (C=O) groups is 2. The highest BCUT2D eigenvalue weighted by Gasteiger charge is 2.34. The van der Waals surface area contributed by atoms with Crippen molar-refractivity contribution < 1.29 is 19.1 Å². The molecule has 2 unspecified atom stereocenters. The van der Waals surface area contributed by atoms with Gasteiger partial charge in [-0.2, -0.15) is 0 Å². The topological polar surface area (TPSA) is 87.5 Å². The fourth-order valence-corrected chi connectivity index (χ4v) is 4.92. The van der Waals surface area contributed by atoms with Gasteiger partial charge < -0.3 is 9.47 Å². The molecule has 2 aromatic heterocycles. The van der Waals surface area contributed by atoms with Crippen molar-refractivity contribution in [1.29, 1.82) is 0 Å². The van der Waals surface area contributed by atoms with Crippen LogP contribution in [-0.2, 0) is 25.5 Å². The molecule has 8 heteroatoms. The van der Waals surface area contributed by atoms with Gasteiger partial charge in [0.2, 0.25) is 0 Å². The molecule has 0 aliphatic heterocycles. The van der Waals surface area contributed by atoms with Gasteiger partial charge in [0, 0.05) is 4.88 Å². The largest absolute Gasteiger partial charge is 0.467 e. The number of carbonyl (C=O) groups excluding carboxylic acids is 2. The molecule has 1 aliphatic rings. The minimum absolute atomic E-state index is 0.299. The molecule has 2 aromatic rings. The maximum Gasteiger partial charge on any atom is 0.328 e. The maximum atomic E-state index is 13.2. The Kier molecular flexibility index (Phi) is 5.13. The van der Waals surface area contributed by atoms with Gasteiger partial charge in [0.15, 0.2) is 0 Å². The number of methoxy groups -OCH3 is 1. The van der Waals surface area contributed by atoms with Gasteiger partial charge in [-0.1, -0.05) is 0 Å². The molecule has 0 aromatic carbocycles. The van der Waals surface area contributed by atoms with E-state index in [1.807, 2.05) is 0 Å². The normalized spacial score (nSPS) is 17.6. The number of hydrogen-bond acceptors (Lipinski definition) is 7. The van der Waals surface area contributed by atoms with Gasteiger partial charge >= 0.3 is 11.9 Å². The van der Waals surface area contributed by atoms with Crippen molar-refractivity contribution in [2.75, 3.05) is 13.7 Å². The van der Waals surface area contributed by atoms with E-state index in [0.29, 0.717) is 29.1 Å². The molecule has 0 saturated heterocycles. The van der Waals surface area contributed by atoms with Crippen LogP contribution in [0.3, 0.4) is 0 Å². The second kappa shape index (κ2) is 7.19. The Morgan fingerprint density at radius 2 is 2.15 bits per heavy atom. The minimum atomic E-state index is -0.787. The fourth-order valence-electron chi connectivity index (χ4n) is 3.61. The Labute approximate surface area is 154 Å². The maximum absolute atomic E-state index is 13.2. The van der Waals surface area contributed by atoms with E-state index < -0.39 is 17.9 Å². The van der Waals surface area contributed by atoms with Crippen LogP contribution in [0.2, 0.25) is 0 Å². The summed E-state index contributed by atoms with van der Waals surface area (Å²) in [4.78, 5) is 43.8. The lowest BCUT2D eigenvalue weighted by Crippen LogP contribution is -2.32. The van der Waals surface area contributed by atoms with Crippen molar-refractivity contribution in [3.8, 4) is 0 Å². The summed E-state index contributed by atoms with van der Waals surface area (Å²) in [5.74, 6) is -0.818. The third-order valence-electron chi connectivity index (χ3n) is 4.79. The van der Waals surface area contributed by atoms with Crippen LogP contribution in [-0.4, -0.2) is 35.2 Å². The molecule has 2 heterocycles. The minimum Gasteiger partial charge on any atom is -0.467 e. The lowest BCUT2D eigenvalue weighted by Gasteiger charge is -2.21. The number of rotatable bonds is 4. The third-order valence-corrected chi connectivity index (χ3v) is 5.95. The quantitative estimate of drug-likeness (QED) is 0.760. The van der Waals surface area contributed by atoms with E-state index >= 15 is 0 Å². The first-order valence-corrected chi connectivity index (χ1v) is 9.51. The number of aromatic nitrogens is 2. The van der Waals surface area contributed by atoms with Gasteiger partial charge in [-0.3, -0.25) is 14.2 Å². The Morgan fingerprint density at radius 1 is 1.42 bits per heavy atom. The molecular weight excluding hydrogens is 356 g/mol. The van der Waals surface area contributed by atoms with E-state index in [4.69, 9.17) is 9.47 Å². The van der Waals surface area contributed by atoms with E-state index in [2.05, 4.69) is 4.98 Å². The number of ether oxygens (including phenoxy) is 2. The number of aryl methyl sites for hydroxylation is 2. The van der Waals surface area contributed by atoms with Gasteiger partial charge in [-0.25, -0.2) is 9.78 Å². The summed E-state index contributed by atoms with van der Waals surface area (Å²) in [7, 11) is 1.29. The molecule has 2 atom stereocenters. The summed E-state index contributed by atoms with van der Waals surface area (Å²) >= 11 is 1.45. The molecule has 0 saturated carbocycles. The van der Waals surface area contributed by atoms with Gasteiger partial charge in [0.1, 0.15) is 16.7 Å². The first-order chi connectivity index (χ1) is 12.4. The Hall–Kier alpha value is -2.22. The predicted octanol–water partition coefficient (Wildman–Crippen LogP) is 2.48. The fraction of sp³-hybridized carbons (Fsp3) is 0.556. The van der Waals surface area contributed by atoms with E-state index in [0.717, 1.165) is 23.3 Å². The molecule has 0 spiro atoms. The Bertz CT molecular complexity index is 930. The molecule has 0 bridgehead atoms. The van der Waals surface area contributed by atoms with Crippen LogP contribution < -0.4 is 5.56 Å². The van der Waals surface area contributed by atoms with E-state index in [1.165, 1.54) is 23.0 Å². The smallest absolute Gasteiger partial charge is 0.328 e. The predicted molar refractivity (Wildman–Crippen MR) is 97.7 cm³/mol. The van der Waals surface area contributed by atoms with Crippen LogP contribution in [0.25, 0.3) is 10.2 Å². The van der Waals surface area contributed by atoms with Crippen molar-refractivity contribution in [2.24, 2.45) is 0 Å². The van der Waals surface area contributed by atoms with E-state index in [9.17, 15) is 14.4 Å². The Morgan fingerprint density at radius 3 is 2.81 bits per heavy atom. The van der Waals surface area contributed by atoms with Crippen LogP contribution in [0.4, 0.5) is 0 Å². The van der Waals surface area contributed by atoms with Crippen molar-refractivity contribution in [3.05, 3.63) is 26.6 Å². The highest BCUT2D eigenvalue weighted by Crippen LogP contribution is 2.41. The lowest BCUT2D eigenvalue weighted by molar-refractivity contribution is -0.145. The molecular formula is C18H22N2O5S. The van der Waals surface area contributed by atoms with Crippen LogP contribution >= 0.6 is 11.3 Å². The van der Waals surface area contributed by atoms with Crippen LogP contribution in [0, 0.1) is 6.92 Å². The van der Waals surface area contributed by atoms with Crippen LogP contribution in [0.5, 0.6) is 0 Å². The summed E-state index contributed by atoms with van der Waals surface area (Å²) in [5.41, 5.74) is 0.428. The van der Waals surface area contributed by atoms with Crippen molar-refractivity contribution in [3.63, 3.8) is 0 Å². The SMILES string of the molecule is CCOC(=O)C1CCCc2sc3nc(C)n(C(C)C(=O)OC)c(=O)c3c21. The molecule has 140 valence electrons. The van der Waals surface area contributed by atoms with Gasteiger partial charge in [-0.15, -0.1) is 11.3 Å². The van der Waals surface area contributed by atoms with Gasteiger partial charge in [-0.05, 0) is 45.6 Å². The number of thiophene rings is 1. The second-order valence-corrected chi connectivity index (χ2v) is 7.43. The first-order valence-electron chi connectivity index (χ1n) is 8.69. The van der Waals surface area contributed by atoms with Crippen LogP contribution in [0.1, 0.15) is 54.9 Å². The summed E-state index contributed by atoms with van der Waals surface area (Å²) in [6.07, 6.45) is 2.34. The zero-order chi connectivity index (χ0) is 19.0. The number of nitrogens with zero attached hydrogens (tertiary/aromatic N) is 2. The summed E-state index contributed by atoms with van der Waals surface area (Å²) in [6, 6.07) is -0.787. The molecule has 3 rings (SSSR count). The molecule has 0 fully saturated rings. The molecule has 1 aliphatic carbocycles. The molecule has 0 radical (unpaired) electrons. The number of esters is 2. The van der Waals surface area contributed by atoms with Crippen molar-refractivity contribution in [2.45, 2.75) is 52.0 Å². The average Bonchev–Trinajstić information content (AvgIpc) is 2.99. The first kappa shape index (κ1) is 18.6. The van der Waals surface area contributed by atoms with E-state index in [-0.39, 0.29) is 11.5 Å². The summed E-state index contributed by atoms with van der Waals surface area (Å²) in [6.45, 7) is 5.37. The van der Waals surface area contributed by atoms with Crippen molar-refractivity contribution in [1.82, 2.24) is 9.55 Å². The standard InChI is InChI=1S/C18H22N2O5S/c1-5-25-18(23)11-7-6-8-12-13(11)14-15(26-12)19-10(3)20(16(14)21)9(2)17(22)24-4/h9,11H,5-8H2,1-4H3. The Balaban J connectivity index is 2.25. The van der Waals surface area contributed by atoms with Gasteiger partial charge in [0.05, 0.1) is 25.0 Å². The lowest BCUT2D eigenvalue weighted by atomic mass is 9.86. The number of hydrogen-bond donors (Lipinski definition) is 0. The summed E-state index contributed by atoms with van der Waals surface area (Å²) in [5, 5.41) is 0.434.